The molecule has 0 saturated carbocycles. The number of hydrogen-bond donors (Lipinski definition) is 3. The summed E-state index contributed by atoms with van der Waals surface area (Å²) < 4.78 is 6.14. The molecule has 3 aromatic rings. The van der Waals surface area contributed by atoms with E-state index in [4.69, 9.17) is 10.5 Å². The molecule has 0 bridgehead atoms. The zero-order chi connectivity index (χ0) is 29.7. The predicted molar refractivity (Wildman–Crippen MR) is 160 cm³/mol. The standard InChI is InChI=1S/C32H40N6O4/c1-32(2,31(41)34-20-29(39)38-15-5-8-27(38)17-33)42-28-9-3-6-24(16-28)25-7-4-14-37(21-25)30(40)23-12-10-22(11-13-23)26-18-35-36-19-26/h3,6,9-13,16,18-19,25,27H,4-5,7-8,14-15,17,20-21,33H2,1-2H3,(H,34,41)(H,35,36). The molecule has 2 fully saturated rings. The molecule has 1 aromatic heterocycles. The summed E-state index contributed by atoms with van der Waals surface area (Å²) in [6.07, 6.45) is 7.27. The Morgan fingerprint density at radius 2 is 1.86 bits per heavy atom. The number of rotatable bonds is 9. The molecule has 2 saturated heterocycles. The second kappa shape index (κ2) is 12.8. The van der Waals surface area contributed by atoms with E-state index >= 15 is 0 Å². The molecule has 2 aliphatic heterocycles. The zero-order valence-corrected chi connectivity index (χ0v) is 24.3. The van der Waals surface area contributed by atoms with E-state index in [0.717, 1.165) is 42.4 Å². The first-order valence-corrected chi connectivity index (χ1v) is 14.7. The Balaban J connectivity index is 1.18. The Hall–Kier alpha value is -4.18. The minimum Gasteiger partial charge on any atom is -0.478 e. The van der Waals surface area contributed by atoms with Crippen LogP contribution in [-0.4, -0.2) is 82.1 Å². The minimum atomic E-state index is -1.19. The van der Waals surface area contributed by atoms with Crippen LogP contribution >= 0.6 is 0 Å². The molecule has 5 rings (SSSR count). The maximum atomic E-state index is 13.3. The molecule has 10 heteroatoms. The Kier molecular flexibility index (Phi) is 8.91. The molecule has 0 spiro atoms. The van der Waals surface area contributed by atoms with Crippen molar-refractivity contribution >= 4 is 17.7 Å². The summed E-state index contributed by atoms with van der Waals surface area (Å²) in [5.41, 5.74) is 8.31. The van der Waals surface area contributed by atoms with Crippen LogP contribution in [0.25, 0.3) is 11.1 Å². The average Bonchev–Trinajstić information content (AvgIpc) is 3.72. The number of ether oxygens (including phenoxy) is 1. The fourth-order valence-electron chi connectivity index (χ4n) is 5.88. The SMILES string of the molecule is CC(C)(Oc1cccc(C2CCCN(C(=O)c3ccc(-c4cn[nH]c4)cc3)C2)c1)C(=O)NCC(=O)N1CCCC1CN. The van der Waals surface area contributed by atoms with Crippen molar-refractivity contribution in [3.63, 3.8) is 0 Å². The van der Waals surface area contributed by atoms with Gasteiger partial charge in [0.1, 0.15) is 5.75 Å². The Labute approximate surface area is 246 Å². The molecule has 0 aliphatic carbocycles. The van der Waals surface area contributed by atoms with Crippen LogP contribution in [0.2, 0.25) is 0 Å². The Morgan fingerprint density at radius 3 is 2.60 bits per heavy atom. The minimum absolute atomic E-state index is 0.0184. The lowest BCUT2D eigenvalue weighted by Crippen LogP contribution is -2.51. The molecule has 222 valence electrons. The molecule has 42 heavy (non-hydrogen) atoms. The highest BCUT2D eigenvalue weighted by Gasteiger charge is 2.33. The van der Waals surface area contributed by atoms with E-state index in [9.17, 15) is 14.4 Å². The number of H-pyrrole nitrogens is 1. The molecule has 2 unspecified atom stereocenters. The fourth-order valence-corrected chi connectivity index (χ4v) is 5.88. The molecule has 2 aliphatic rings. The number of carbonyl (C=O) groups excluding carboxylic acids is 3. The number of likely N-dealkylation sites (tertiary alicyclic amines) is 2. The summed E-state index contributed by atoms with van der Waals surface area (Å²) in [5.74, 6) is 0.254. The topological polar surface area (TPSA) is 134 Å². The maximum Gasteiger partial charge on any atom is 0.264 e. The van der Waals surface area contributed by atoms with Gasteiger partial charge in [-0.3, -0.25) is 19.5 Å². The van der Waals surface area contributed by atoms with Crippen molar-refractivity contribution < 1.29 is 19.1 Å². The van der Waals surface area contributed by atoms with Gasteiger partial charge in [-0.25, -0.2) is 0 Å². The first-order valence-electron chi connectivity index (χ1n) is 14.7. The molecule has 3 amide bonds. The lowest BCUT2D eigenvalue weighted by molar-refractivity contribution is -0.138. The van der Waals surface area contributed by atoms with Crippen LogP contribution in [0, 0.1) is 0 Å². The molecule has 4 N–H and O–H groups in total. The molecular weight excluding hydrogens is 532 g/mol. The Bertz CT molecular complexity index is 1390. The van der Waals surface area contributed by atoms with Crippen LogP contribution in [0.15, 0.2) is 60.9 Å². The normalized spacial score (nSPS) is 19.0. The quantitative estimate of drug-likeness (QED) is 0.360. The summed E-state index contributed by atoms with van der Waals surface area (Å²) in [6, 6.07) is 15.4. The highest BCUT2D eigenvalue weighted by atomic mass is 16.5. The van der Waals surface area contributed by atoms with Gasteiger partial charge in [0.15, 0.2) is 5.60 Å². The van der Waals surface area contributed by atoms with E-state index in [1.807, 2.05) is 59.6 Å². The monoisotopic (exact) mass is 572 g/mol. The van der Waals surface area contributed by atoms with Crippen molar-refractivity contribution in [2.24, 2.45) is 5.73 Å². The first-order chi connectivity index (χ1) is 20.2. The van der Waals surface area contributed by atoms with Crippen LogP contribution in [0.3, 0.4) is 0 Å². The molecule has 2 aromatic carbocycles. The average molecular weight is 573 g/mol. The summed E-state index contributed by atoms with van der Waals surface area (Å²) in [6.45, 7) is 5.72. The third-order valence-electron chi connectivity index (χ3n) is 8.29. The Morgan fingerprint density at radius 1 is 1.07 bits per heavy atom. The number of hydrogen-bond acceptors (Lipinski definition) is 6. The molecule has 2 atom stereocenters. The van der Waals surface area contributed by atoms with Crippen molar-refractivity contribution in [2.45, 2.75) is 57.1 Å². The van der Waals surface area contributed by atoms with Gasteiger partial charge in [0.25, 0.3) is 11.8 Å². The number of nitrogens with zero attached hydrogens (tertiary/aromatic N) is 3. The van der Waals surface area contributed by atoms with Gasteiger partial charge in [0.05, 0.1) is 12.7 Å². The highest BCUT2D eigenvalue weighted by Crippen LogP contribution is 2.31. The molecule has 3 heterocycles. The lowest BCUT2D eigenvalue weighted by atomic mass is 9.90. The predicted octanol–water partition coefficient (Wildman–Crippen LogP) is 3.32. The summed E-state index contributed by atoms with van der Waals surface area (Å²) in [4.78, 5) is 42.6. The van der Waals surface area contributed by atoms with Gasteiger partial charge in [-0.1, -0.05) is 24.3 Å². The molecular formula is C32H40N6O4. The second-order valence-electron chi connectivity index (χ2n) is 11.6. The van der Waals surface area contributed by atoms with E-state index < -0.39 is 5.60 Å². The van der Waals surface area contributed by atoms with E-state index in [0.29, 0.717) is 37.5 Å². The number of benzene rings is 2. The third-order valence-corrected chi connectivity index (χ3v) is 8.29. The molecule has 0 radical (unpaired) electrons. The smallest absolute Gasteiger partial charge is 0.264 e. The van der Waals surface area contributed by atoms with Crippen molar-refractivity contribution in [2.75, 3.05) is 32.7 Å². The van der Waals surface area contributed by atoms with Gasteiger partial charge in [0.2, 0.25) is 5.91 Å². The van der Waals surface area contributed by atoms with Crippen molar-refractivity contribution in [1.82, 2.24) is 25.3 Å². The van der Waals surface area contributed by atoms with Gasteiger partial charge >= 0.3 is 0 Å². The number of nitrogens with one attached hydrogen (secondary N) is 2. The number of piperidine rings is 1. The first kappa shape index (κ1) is 29.3. The van der Waals surface area contributed by atoms with Gasteiger partial charge in [-0.05, 0) is 74.9 Å². The van der Waals surface area contributed by atoms with E-state index in [2.05, 4.69) is 15.5 Å². The van der Waals surface area contributed by atoms with Gasteiger partial charge in [-0.2, -0.15) is 5.10 Å². The maximum absolute atomic E-state index is 13.3. The lowest BCUT2D eigenvalue weighted by Gasteiger charge is -2.33. The highest BCUT2D eigenvalue weighted by molar-refractivity contribution is 5.95. The number of aromatic nitrogens is 2. The number of amides is 3. The van der Waals surface area contributed by atoms with Crippen LogP contribution < -0.4 is 15.8 Å². The largest absolute Gasteiger partial charge is 0.478 e. The van der Waals surface area contributed by atoms with E-state index in [1.165, 1.54) is 0 Å². The van der Waals surface area contributed by atoms with Crippen molar-refractivity contribution in [1.29, 1.82) is 0 Å². The van der Waals surface area contributed by atoms with Crippen LogP contribution in [-0.2, 0) is 9.59 Å². The number of aromatic amines is 1. The van der Waals surface area contributed by atoms with Crippen LogP contribution in [0.1, 0.15) is 61.4 Å². The fraction of sp³-hybridized carbons (Fsp3) is 0.438. The van der Waals surface area contributed by atoms with E-state index in [1.54, 1.807) is 24.9 Å². The van der Waals surface area contributed by atoms with Crippen LogP contribution in [0.5, 0.6) is 5.75 Å². The second-order valence-corrected chi connectivity index (χ2v) is 11.6. The van der Waals surface area contributed by atoms with E-state index in [-0.39, 0.29) is 36.2 Å². The third kappa shape index (κ3) is 6.65. The summed E-state index contributed by atoms with van der Waals surface area (Å²) in [7, 11) is 0. The summed E-state index contributed by atoms with van der Waals surface area (Å²) in [5, 5.41) is 9.54. The zero-order valence-electron chi connectivity index (χ0n) is 24.3. The van der Waals surface area contributed by atoms with Crippen LogP contribution in [0.4, 0.5) is 0 Å². The van der Waals surface area contributed by atoms with Gasteiger partial charge in [0, 0.05) is 55.5 Å². The van der Waals surface area contributed by atoms with Gasteiger partial charge < -0.3 is 25.6 Å². The number of nitrogens with two attached hydrogens (primary N) is 1. The molecule has 10 nitrogen and oxygen atoms in total. The number of carbonyl (C=O) groups is 3. The van der Waals surface area contributed by atoms with Crippen molar-refractivity contribution in [3.05, 3.63) is 72.1 Å². The van der Waals surface area contributed by atoms with Gasteiger partial charge in [-0.15, -0.1) is 0 Å². The summed E-state index contributed by atoms with van der Waals surface area (Å²) >= 11 is 0. The van der Waals surface area contributed by atoms with Crippen molar-refractivity contribution in [3.8, 4) is 16.9 Å².